The van der Waals surface area contributed by atoms with E-state index in [0.717, 1.165) is 16.3 Å². The van der Waals surface area contributed by atoms with Gasteiger partial charge in [0.25, 0.3) is 0 Å². The Bertz CT molecular complexity index is 620. The van der Waals surface area contributed by atoms with Crippen LogP contribution >= 0.6 is 0 Å². The maximum absolute atomic E-state index is 10.9. The number of amides is 1. The largest absolute Gasteiger partial charge is 0.344 e. The van der Waals surface area contributed by atoms with E-state index >= 15 is 0 Å². The summed E-state index contributed by atoms with van der Waals surface area (Å²) >= 11 is 0. The number of nitrogens with one attached hydrogen (secondary N) is 1. The standard InChI is InChI=1S/C14H13N3O/c15-8-14(18)17-7-3-5-12-10-16-9-11-4-1-2-6-13(11)12/h1-2,4,6,9-10H,7-8,15H2,(H,17,18). The molecule has 1 amide bonds. The Balaban J connectivity index is 2.17. The highest BCUT2D eigenvalue weighted by Gasteiger charge is 1.97. The third-order valence-electron chi connectivity index (χ3n) is 2.45. The summed E-state index contributed by atoms with van der Waals surface area (Å²) in [4.78, 5) is 15.1. The van der Waals surface area contributed by atoms with Crippen molar-refractivity contribution < 1.29 is 4.79 Å². The number of carbonyl (C=O) groups excluding carboxylic acids is 1. The summed E-state index contributed by atoms with van der Waals surface area (Å²) in [7, 11) is 0. The van der Waals surface area contributed by atoms with Crippen LogP contribution in [-0.4, -0.2) is 24.0 Å². The Morgan fingerprint density at radius 2 is 2.17 bits per heavy atom. The van der Waals surface area contributed by atoms with Gasteiger partial charge in [0.1, 0.15) is 0 Å². The Morgan fingerprint density at radius 3 is 3.00 bits per heavy atom. The van der Waals surface area contributed by atoms with E-state index in [4.69, 9.17) is 5.73 Å². The predicted molar refractivity (Wildman–Crippen MR) is 70.7 cm³/mol. The molecule has 2 rings (SSSR count). The molecule has 0 atom stereocenters. The van der Waals surface area contributed by atoms with Gasteiger partial charge in [0.2, 0.25) is 5.91 Å². The molecule has 18 heavy (non-hydrogen) atoms. The molecule has 2 aromatic rings. The zero-order chi connectivity index (χ0) is 12.8. The molecule has 1 aromatic carbocycles. The fraction of sp³-hybridized carbons (Fsp3) is 0.143. The predicted octanol–water partition coefficient (Wildman–Crippen LogP) is 0.661. The zero-order valence-electron chi connectivity index (χ0n) is 9.81. The molecule has 0 radical (unpaired) electrons. The quantitative estimate of drug-likeness (QED) is 0.756. The number of rotatable bonds is 2. The fourth-order valence-electron chi connectivity index (χ4n) is 1.57. The molecule has 0 aliphatic heterocycles. The van der Waals surface area contributed by atoms with Gasteiger partial charge in [0, 0.05) is 23.2 Å². The molecular weight excluding hydrogens is 226 g/mol. The van der Waals surface area contributed by atoms with Crippen molar-refractivity contribution in [1.29, 1.82) is 0 Å². The number of fused-ring (bicyclic) bond motifs is 1. The summed E-state index contributed by atoms with van der Waals surface area (Å²) in [6.45, 7) is 0.275. The van der Waals surface area contributed by atoms with Crippen LogP contribution in [0.4, 0.5) is 0 Å². The molecule has 0 fully saturated rings. The molecule has 0 aliphatic rings. The number of carbonyl (C=O) groups is 1. The Hall–Kier alpha value is -2.38. The van der Waals surface area contributed by atoms with E-state index in [1.165, 1.54) is 0 Å². The summed E-state index contributed by atoms with van der Waals surface area (Å²) in [6, 6.07) is 7.91. The smallest absolute Gasteiger partial charge is 0.234 e. The molecule has 0 saturated heterocycles. The lowest BCUT2D eigenvalue weighted by Crippen LogP contribution is -2.30. The lowest BCUT2D eigenvalue weighted by molar-refractivity contribution is -0.119. The molecule has 0 unspecified atom stereocenters. The topological polar surface area (TPSA) is 68.0 Å². The van der Waals surface area contributed by atoms with Gasteiger partial charge < -0.3 is 11.1 Å². The van der Waals surface area contributed by atoms with Crippen molar-refractivity contribution in [2.75, 3.05) is 13.1 Å². The second kappa shape index (κ2) is 5.80. The van der Waals surface area contributed by atoms with Gasteiger partial charge in [-0.3, -0.25) is 9.78 Å². The van der Waals surface area contributed by atoms with Gasteiger partial charge in [-0.05, 0) is 0 Å². The van der Waals surface area contributed by atoms with Gasteiger partial charge in [-0.2, -0.15) is 0 Å². The maximum Gasteiger partial charge on any atom is 0.234 e. The van der Waals surface area contributed by atoms with Crippen molar-refractivity contribution in [3.63, 3.8) is 0 Å². The average Bonchev–Trinajstić information content (AvgIpc) is 2.43. The Kier molecular flexibility index (Phi) is 3.90. The molecule has 90 valence electrons. The van der Waals surface area contributed by atoms with Crippen LogP contribution in [0.25, 0.3) is 10.8 Å². The van der Waals surface area contributed by atoms with Crippen LogP contribution in [0.15, 0.2) is 36.7 Å². The SMILES string of the molecule is NCC(=O)NCC#Cc1cncc2ccccc12. The van der Waals surface area contributed by atoms with Gasteiger partial charge in [-0.25, -0.2) is 0 Å². The van der Waals surface area contributed by atoms with Crippen molar-refractivity contribution >= 4 is 16.7 Å². The van der Waals surface area contributed by atoms with Crippen molar-refractivity contribution in [1.82, 2.24) is 10.3 Å². The summed E-state index contributed by atoms with van der Waals surface area (Å²) < 4.78 is 0. The maximum atomic E-state index is 10.9. The normalized spacial score (nSPS) is 9.61. The van der Waals surface area contributed by atoms with E-state index in [-0.39, 0.29) is 12.5 Å². The van der Waals surface area contributed by atoms with Crippen LogP contribution in [0.2, 0.25) is 0 Å². The van der Waals surface area contributed by atoms with Gasteiger partial charge in [0.15, 0.2) is 0 Å². The van der Waals surface area contributed by atoms with Gasteiger partial charge in [-0.1, -0.05) is 36.1 Å². The molecule has 0 bridgehead atoms. The number of aromatic nitrogens is 1. The first kappa shape index (κ1) is 12.1. The molecule has 1 heterocycles. The first-order valence-corrected chi connectivity index (χ1v) is 5.59. The second-order valence-corrected chi connectivity index (χ2v) is 3.69. The molecule has 3 N–H and O–H groups in total. The van der Waals surface area contributed by atoms with Crippen molar-refractivity contribution in [3.05, 3.63) is 42.2 Å². The highest BCUT2D eigenvalue weighted by molar-refractivity contribution is 5.87. The number of nitrogens with zero attached hydrogens (tertiary/aromatic N) is 1. The van der Waals surface area contributed by atoms with E-state index in [1.54, 1.807) is 12.4 Å². The molecule has 0 saturated carbocycles. The lowest BCUT2D eigenvalue weighted by atomic mass is 10.1. The molecule has 4 nitrogen and oxygen atoms in total. The number of benzene rings is 1. The molecule has 0 spiro atoms. The fourth-order valence-corrected chi connectivity index (χ4v) is 1.57. The third kappa shape index (κ3) is 2.84. The third-order valence-corrected chi connectivity index (χ3v) is 2.45. The van der Waals surface area contributed by atoms with E-state index in [1.807, 2.05) is 24.3 Å². The number of hydrogen-bond donors (Lipinski definition) is 2. The van der Waals surface area contributed by atoms with Crippen LogP contribution in [0.5, 0.6) is 0 Å². The number of nitrogens with two attached hydrogens (primary N) is 1. The minimum Gasteiger partial charge on any atom is -0.344 e. The van der Waals surface area contributed by atoms with Crippen LogP contribution < -0.4 is 11.1 Å². The van der Waals surface area contributed by atoms with Crippen LogP contribution in [0.3, 0.4) is 0 Å². The van der Waals surface area contributed by atoms with Crippen LogP contribution in [0, 0.1) is 11.8 Å². The van der Waals surface area contributed by atoms with Crippen LogP contribution in [-0.2, 0) is 4.79 Å². The summed E-state index contributed by atoms with van der Waals surface area (Å²) in [5.41, 5.74) is 6.03. The van der Waals surface area contributed by atoms with E-state index in [2.05, 4.69) is 22.1 Å². The highest BCUT2D eigenvalue weighted by Crippen LogP contribution is 2.15. The first-order chi connectivity index (χ1) is 8.81. The Labute approximate surface area is 105 Å². The van der Waals surface area contributed by atoms with E-state index < -0.39 is 0 Å². The van der Waals surface area contributed by atoms with E-state index in [9.17, 15) is 4.79 Å². The number of pyridine rings is 1. The summed E-state index contributed by atoms with van der Waals surface area (Å²) in [5.74, 6) is 5.67. The monoisotopic (exact) mass is 239 g/mol. The van der Waals surface area contributed by atoms with Crippen molar-refractivity contribution in [2.24, 2.45) is 5.73 Å². The highest BCUT2D eigenvalue weighted by atomic mass is 16.1. The number of hydrogen-bond acceptors (Lipinski definition) is 3. The second-order valence-electron chi connectivity index (χ2n) is 3.69. The lowest BCUT2D eigenvalue weighted by Gasteiger charge is -1.99. The summed E-state index contributed by atoms with van der Waals surface area (Å²) in [5, 5.41) is 4.70. The molecule has 4 heteroatoms. The minimum absolute atomic E-state index is 0.0164. The van der Waals surface area contributed by atoms with Crippen molar-refractivity contribution in [3.8, 4) is 11.8 Å². The van der Waals surface area contributed by atoms with Crippen molar-refractivity contribution in [2.45, 2.75) is 0 Å². The van der Waals surface area contributed by atoms with Gasteiger partial charge in [-0.15, -0.1) is 0 Å². The molecule has 0 aliphatic carbocycles. The van der Waals surface area contributed by atoms with Gasteiger partial charge in [0.05, 0.1) is 18.7 Å². The molecule has 1 aromatic heterocycles. The minimum atomic E-state index is -0.208. The van der Waals surface area contributed by atoms with E-state index in [0.29, 0.717) is 6.54 Å². The summed E-state index contributed by atoms with van der Waals surface area (Å²) in [6.07, 6.45) is 3.52. The molecular formula is C14H13N3O. The average molecular weight is 239 g/mol. The van der Waals surface area contributed by atoms with Gasteiger partial charge >= 0.3 is 0 Å². The Morgan fingerprint density at radius 1 is 1.33 bits per heavy atom. The van der Waals surface area contributed by atoms with Crippen LogP contribution in [0.1, 0.15) is 5.56 Å². The zero-order valence-corrected chi connectivity index (χ0v) is 9.81. The first-order valence-electron chi connectivity index (χ1n) is 5.59.